The number of alkyl halides is 31. The van der Waals surface area contributed by atoms with Crippen LogP contribution in [0.3, 0.4) is 0 Å². The van der Waals surface area contributed by atoms with E-state index < -0.39 is 131 Å². The van der Waals surface area contributed by atoms with Crippen LogP contribution >= 0.6 is 0 Å². The maximum Gasteiger partial charge on any atom is 0.460 e. The molecule has 0 saturated carbocycles. The van der Waals surface area contributed by atoms with Crippen molar-refractivity contribution < 1.29 is 160 Å². The van der Waals surface area contributed by atoms with Gasteiger partial charge in [-0.25, -0.2) is 4.39 Å². The summed E-state index contributed by atoms with van der Waals surface area (Å²) in [4.78, 5) is 10.6. The standard InChI is InChI=1S/C23H13F32NO3/c1-56(2,5-8(58)59)4-6(57)3-7(24)9(25,26)10(27,28)11(29,30)12(31,32)13(33,34)14(35,36)15(37,38)16(39,40)17(41,42)18(43,44)19(45,46)20(47,48)21(49,50)22(51,52)23(53,54)55/h3,6,57H,4-5H2,1-2H3. The molecular formula is C23H13F32NO3. The van der Waals surface area contributed by atoms with Gasteiger partial charge < -0.3 is 19.5 Å². The highest BCUT2D eigenvalue weighted by atomic mass is 19.4. The first-order valence-electron chi connectivity index (χ1n) is 13.4. The van der Waals surface area contributed by atoms with E-state index in [2.05, 4.69) is 0 Å². The van der Waals surface area contributed by atoms with Gasteiger partial charge >= 0.3 is 89.1 Å². The number of quaternary nitrogens is 1. The molecule has 0 aliphatic heterocycles. The SMILES string of the molecule is C[N+](C)(CC(=O)[O-])CC(O)C=C(F)C(F)(F)C(F)(F)C(F)(F)C(F)(F)C(F)(F)C(F)(F)C(F)(F)C(F)(F)C(F)(F)C(F)(F)C(F)(F)C(F)(F)C(F)(F)C(F)(F)C(F)(F)F. The fourth-order valence-electron chi connectivity index (χ4n) is 3.94. The van der Waals surface area contributed by atoms with Gasteiger partial charge in [-0.15, -0.1) is 0 Å². The lowest BCUT2D eigenvalue weighted by Gasteiger charge is -2.46. The summed E-state index contributed by atoms with van der Waals surface area (Å²) >= 11 is 0. The van der Waals surface area contributed by atoms with Gasteiger partial charge in [0.2, 0.25) is 0 Å². The van der Waals surface area contributed by atoms with Crippen molar-refractivity contribution in [1.82, 2.24) is 0 Å². The Morgan fingerprint density at radius 1 is 0.458 bits per heavy atom. The Bertz CT molecular complexity index is 1570. The van der Waals surface area contributed by atoms with E-state index in [1.165, 1.54) is 0 Å². The first-order valence-corrected chi connectivity index (χ1v) is 13.4. The molecule has 1 N–H and O–H groups in total. The maximum absolute atomic E-state index is 14.1. The molecular weight excluding hydrogens is 946 g/mol. The molecule has 0 aliphatic rings. The molecule has 0 radical (unpaired) electrons. The van der Waals surface area contributed by atoms with Crippen molar-refractivity contribution in [3.05, 3.63) is 11.9 Å². The van der Waals surface area contributed by atoms with Crippen molar-refractivity contribution in [2.45, 2.75) is 95.2 Å². The number of rotatable bonds is 19. The molecule has 36 heteroatoms. The van der Waals surface area contributed by atoms with Crippen molar-refractivity contribution in [2.75, 3.05) is 27.2 Å². The number of nitrogens with zero attached hydrogens (tertiary/aromatic N) is 1. The maximum atomic E-state index is 14.1. The zero-order chi connectivity index (χ0) is 48.9. The average Bonchev–Trinajstić information content (AvgIpc) is 2.97. The third kappa shape index (κ3) is 7.52. The normalized spacial score (nSPS) is 17.4. The van der Waals surface area contributed by atoms with Crippen LogP contribution in [0.1, 0.15) is 0 Å². The molecule has 0 bridgehead atoms. The van der Waals surface area contributed by atoms with Gasteiger partial charge in [-0.1, -0.05) is 0 Å². The van der Waals surface area contributed by atoms with E-state index in [0.29, 0.717) is 14.1 Å². The lowest BCUT2D eigenvalue weighted by molar-refractivity contribution is -0.887. The summed E-state index contributed by atoms with van der Waals surface area (Å²) in [5.41, 5.74) is 0. The molecule has 352 valence electrons. The van der Waals surface area contributed by atoms with Crippen LogP contribution in [-0.2, 0) is 4.79 Å². The number of halogens is 32. The number of aliphatic hydroxyl groups excluding tert-OH is 1. The Balaban J connectivity index is 7.59. The monoisotopic (exact) mass is 959 g/mol. The van der Waals surface area contributed by atoms with Gasteiger partial charge in [0.05, 0.1) is 20.1 Å². The summed E-state index contributed by atoms with van der Waals surface area (Å²) < 4.78 is 435. The molecule has 0 aromatic rings. The van der Waals surface area contributed by atoms with Gasteiger partial charge in [-0.3, -0.25) is 0 Å². The van der Waals surface area contributed by atoms with E-state index in [0.717, 1.165) is 0 Å². The number of carboxylic acids is 1. The summed E-state index contributed by atoms with van der Waals surface area (Å²) in [7, 11) is 1.26. The third-order valence-corrected chi connectivity index (χ3v) is 7.36. The molecule has 0 saturated heterocycles. The number of hydrogen-bond acceptors (Lipinski definition) is 3. The largest absolute Gasteiger partial charge is 0.544 e. The Kier molecular flexibility index (Phi) is 13.7. The second-order valence-corrected chi connectivity index (χ2v) is 12.3. The molecule has 0 heterocycles. The molecule has 4 nitrogen and oxygen atoms in total. The van der Waals surface area contributed by atoms with E-state index in [9.17, 15) is 156 Å². The van der Waals surface area contributed by atoms with Gasteiger partial charge in [-0.2, -0.15) is 136 Å². The Morgan fingerprint density at radius 2 is 0.661 bits per heavy atom. The zero-order valence-corrected chi connectivity index (χ0v) is 26.9. The first-order chi connectivity index (χ1) is 24.9. The van der Waals surface area contributed by atoms with Gasteiger partial charge in [0.1, 0.15) is 19.2 Å². The number of likely N-dealkylation sites (N-methyl/N-ethyl adjacent to an activating group) is 1. The summed E-state index contributed by atoms with van der Waals surface area (Å²) in [5.74, 6) is -141. The number of carboxylic acid groups (broad SMARTS) is 1. The molecule has 0 aromatic heterocycles. The van der Waals surface area contributed by atoms with Crippen LogP contribution in [-0.4, -0.2) is 138 Å². The molecule has 0 amide bonds. The Morgan fingerprint density at radius 3 is 0.864 bits per heavy atom. The van der Waals surface area contributed by atoms with Gasteiger partial charge in [0, 0.05) is 0 Å². The molecule has 1 atom stereocenters. The molecule has 0 fully saturated rings. The minimum absolute atomic E-state index is 0.629. The average molecular weight is 959 g/mol. The molecule has 0 spiro atoms. The van der Waals surface area contributed by atoms with Crippen molar-refractivity contribution in [2.24, 2.45) is 0 Å². The van der Waals surface area contributed by atoms with Crippen molar-refractivity contribution in [3.8, 4) is 0 Å². The van der Waals surface area contributed by atoms with Crippen molar-refractivity contribution >= 4 is 5.97 Å². The predicted molar refractivity (Wildman–Crippen MR) is 117 cm³/mol. The molecule has 1 unspecified atom stereocenters. The Labute approximate surface area is 301 Å². The molecule has 0 rings (SSSR count). The highest BCUT2D eigenvalue weighted by Gasteiger charge is 3.01. The summed E-state index contributed by atoms with van der Waals surface area (Å²) in [6.07, 6.45) is -13.1. The minimum atomic E-state index is -10.2. The number of carbonyl (C=O) groups excluding carboxylic acids is 1. The molecule has 0 aromatic carbocycles. The van der Waals surface area contributed by atoms with Gasteiger partial charge in [0.25, 0.3) is 0 Å². The van der Waals surface area contributed by atoms with E-state index in [-0.39, 0.29) is 0 Å². The highest BCUT2D eigenvalue weighted by Crippen LogP contribution is 2.69. The summed E-state index contributed by atoms with van der Waals surface area (Å²) in [6.45, 7) is -2.88. The zero-order valence-electron chi connectivity index (χ0n) is 26.9. The minimum Gasteiger partial charge on any atom is -0.544 e. The summed E-state index contributed by atoms with van der Waals surface area (Å²) in [6, 6.07) is 0. The highest BCUT2D eigenvalue weighted by molar-refractivity contribution is 5.65. The van der Waals surface area contributed by atoms with Crippen LogP contribution in [0.2, 0.25) is 0 Å². The fraction of sp³-hybridized carbons (Fsp3) is 0.870. The van der Waals surface area contributed by atoms with Gasteiger partial charge in [-0.05, 0) is 6.08 Å². The quantitative estimate of drug-likeness (QED) is 0.105. The van der Waals surface area contributed by atoms with E-state index in [1.54, 1.807) is 0 Å². The topological polar surface area (TPSA) is 60.4 Å². The number of hydrogen-bond donors (Lipinski definition) is 1. The van der Waals surface area contributed by atoms with Crippen molar-refractivity contribution in [1.29, 1.82) is 0 Å². The second kappa shape index (κ2) is 14.5. The van der Waals surface area contributed by atoms with Crippen LogP contribution < -0.4 is 5.11 Å². The van der Waals surface area contributed by atoms with Crippen LogP contribution in [0.15, 0.2) is 11.9 Å². The smallest absolute Gasteiger partial charge is 0.460 e. The van der Waals surface area contributed by atoms with E-state index >= 15 is 0 Å². The van der Waals surface area contributed by atoms with E-state index in [1.807, 2.05) is 0 Å². The fourth-order valence-corrected chi connectivity index (χ4v) is 3.94. The van der Waals surface area contributed by atoms with Crippen LogP contribution in [0.25, 0.3) is 0 Å². The number of aliphatic carboxylic acids is 1. The molecule has 59 heavy (non-hydrogen) atoms. The van der Waals surface area contributed by atoms with Crippen LogP contribution in [0.5, 0.6) is 0 Å². The third-order valence-electron chi connectivity index (χ3n) is 7.36. The summed E-state index contributed by atoms with van der Waals surface area (Å²) in [5, 5.41) is 20.0. The Hall–Kier alpha value is -3.11. The molecule has 0 aliphatic carbocycles. The number of aliphatic hydroxyl groups is 1. The number of carbonyl (C=O) groups is 1. The van der Waals surface area contributed by atoms with Crippen LogP contribution in [0.4, 0.5) is 140 Å². The predicted octanol–water partition coefficient (Wildman–Crippen LogP) is 8.48. The first kappa shape index (κ1) is 55.9. The second-order valence-electron chi connectivity index (χ2n) is 12.3. The van der Waals surface area contributed by atoms with E-state index in [4.69, 9.17) is 0 Å². The van der Waals surface area contributed by atoms with Gasteiger partial charge in [0.15, 0.2) is 5.83 Å². The van der Waals surface area contributed by atoms with Crippen LogP contribution in [0, 0.1) is 0 Å². The lowest BCUT2D eigenvalue weighted by atomic mass is 9.83. The lowest BCUT2D eigenvalue weighted by Crippen LogP contribution is -2.79. The van der Waals surface area contributed by atoms with Crippen molar-refractivity contribution in [3.63, 3.8) is 0 Å². The number of allylic oxidation sites excluding steroid dienone is 1.